The van der Waals surface area contributed by atoms with E-state index in [0.717, 1.165) is 12.1 Å². The molecule has 0 bridgehead atoms. The van der Waals surface area contributed by atoms with Crippen molar-refractivity contribution in [2.45, 2.75) is 11.5 Å². The van der Waals surface area contributed by atoms with Crippen molar-refractivity contribution in [3.63, 3.8) is 0 Å². The van der Waals surface area contributed by atoms with Crippen LogP contribution in [0, 0.1) is 0 Å². The van der Waals surface area contributed by atoms with Gasteiger partial charge in [-0.1, -0.05) is 11.6 Å². The van der Waals surface area contributed by atoms with Crippen LogP contribution < -0.4 is 4.74 Å². The van der Waals surface area contributed by atoms with Crippen LogP contribution in [0.4, 0.5) is 8.78 Å². The molecule has 0 fully saturated rings. The molecule has 14 heavy (non-hydrogen) atoms. The molecule has 3 nitrogen and oxygen atoms in total. The van der Waals surface area contributed by atoms with Gasteiger partial charge in [-0.05, 0) is 18.2 Å². The molecule has 1 unspecified atom stereocenters. The number of alkyl halides is 2. The first-order valence-corrected chi connectivity index (χ1v) is 4.84. The smallest absolute Gasteiger partial charge is 0.387 e. The van der Waals surface area contributed by atoms with Gasteiger partial charge in [-0.2, -0.15) is 8.78 Å². The highest BCUT2D eigenvalue weighted by atomic mass is 35.5. The fraction of sp³-hybridized carbons (Fsp3) is 0.143. The van der Waals surface area contributed by atoms with Crippen LogP contribution in [0.5, 0.6) is 5.75 Å². The summed E-state index contributed by atoms with van der Waals surface area (Å²) in [6, 6.07) is 3.49. The Morgan fingerprint density at radius 1 is 1.50 bits per heavy atom. The summed E-state index contributed by atoms with van der Waals surface area (Å²) in [6.45, 7) is -3.04. The average Bonchev–Trinajstić information content (AvgIpc) is 2.07. The summed E-state index contributed by atoms with van der Waals surface area (Å²) in [4.78, 5) is -0.280. The van der Waals surface area contributed by atoms with E-state index < -0.39 is 17.7 Å². The lowest BCUT2D eigenvalue weighted by molar-refractivity contribution is -0.0517. The van der Waals surface area contributed by atoms with Gasteiger partial charge >= 0.3 is 6.61 Å². The van der Waals surface area contributed by atoms with Crippen molar-refractivity contribution in [1.29, 1.82) is 0 Å². The molecule has 78 valence electrons. The zero-order valence-corrected chi connectivity index (χ0v) is 8.19. The number of ether oxygens (including phenoxy) is 1. The van der Waals surface area contributed by atoms with Crippen LogP contribution in [-0.4, -0.2) is 15.4 Å². The van der Waals surface area contributed by atoms with Gasteiger partial charge in [0.05, 0.1) is 0 Å². The zero-order valence-electron chi connectivity index (χ0n) is 6.62. The first-order valence-electron chi connectivity index (χ1n) is 3.36. The Morgan fingerprint density at radius 2 is 2.14 bits per heavy atom. The third-order valence-electron chi connectivity index (χ3n) is 1.31. The van der Waals surface area contributed by atoms with Crippen LogP contribution in [0.1, 0.15) is 0 Å². The summed E-state index contributed by atoms with van der Waals surface area (Å²) in [5.74, 6) is -0.356. The van der Waals surface area contributed by atoms with Gasteiger partial charge in [0, 0.05) is 5.02 Å². The summed E-state index contributed by atoms with van der Waals surface area (Å²) < 4.78 is 47.1. The molecule has 0 aliphatic heterocycles. The highest BCUT2D eigenvalue weighted by Crippen LogP contribution is 2.26. The number of halogens is 3. The Labute approximate surface area is 85.9 Å². The molecule has 0 aliphatic carbocycles. The van der Waals surface area contributed by atoms with Crippen LogP contribution in [-0.2, 0) is 11.1 Å². The van der Waals surface area contributed by atoms with Gasteiger partial charge in [0.15, 0.2) is 11.1 Å². The Morgan fingerprint density at radius 3 is 2.64 bits per heavy atom. The molecule has 0 aromatic heterocycles. The quantitative estimate of drug-likeness (QED) is 0.829. The van der Waals surface area contributed by atoms with E-state index in [1.165, 1.54) is 6.07 Å². The predicted molar refractivity (Wildman–Crippen MR) is 47.1 cm³/mol. The maximum absolute atomic E-state index is 11.8. The van der Waals surface area contributed by atoms with Crippen LogP contribution in [0.2, 0.25) is 5.02 Å². The Kier molecular flexibility index (Phi) is 3.79. The first-order chi connectivity index (χ1) is 6.50. The van der Waals surface area contributed by atoms with E-state index in [1.54, 1.807) is 0 Å². The maximum atomic E-state index is 11.8. The highest BCUT2D eigenvalue weighted by Gasteiger charge is 2.13. The van der Waals surface area contributed by atoms with Gasteiger partial charge in [0.25, 0.3) is 0 Å². The molecule has 0 aliphatic rings. The molecule has 0 spiro atoms. The number of benzene rings is 1. The van der Waals surface area contributed by atoms with E-state index in [4.69, 9.17) is 16.2 Å². The molecule has 0 heterocycles. The van der Waals surface area contributed by atoms with Crippen molar-refractivity contribution in [3.05, 3.63) is 23.2 Å². The minimum atomic E-state index is -3.04. The second kappa shape index (κ2) is 4.68. The van der Waals surface area contributed by atoms with Crippen LogP contribution in [0.3, 0.4) is 0 Å². The minimum Gasteiger partial charge on any atom is -0.433 e. The number of hydrogen-bond acceptors (Lipinski definition) is 2. The average molecular weight is 243 g/mol. The second-order valence-electron chi connectivity index (χ2n) is 2.22. The SMILES string of the molecule is O=S(O)c1cc(Cl)ccc1OC(F)F. The standard InChI is InChI=1S/C7H5ClF2O3S/c8-4-1-2-5(13-7(9)10)6(3-4)14(11)12/h1-3,7H,(H,11,12). The maximum Gasteiger partial charge on any atom is 0.387 e. The van der Waals surface area contributed by atoms with Gasteiger partial charge in [-0.15, -0.1) is 0 Å². The van der Waals surface area contributed by atoms with E-state index in [0.29, 0.717) is 0 Å². The molecule has 0 saturated carbocycles. The van der Waals surface area contributed by atoms with Crippen LogP contribution >= 0.6 is 11.6 Å². The van der Waals surface area contributed by atoms with Crippen molar-refractivity contribution in [1.82, 2.24) is 0 Å². The van der Waals surface area contributed by atoms with Gasteiger partial charge in [-0.3, -0.25) is 0 Å². The molecule has 1 atom stereocenters. The highest BCUT2D eigenvalue weighted by molar-refractivity contribution is 7.79. The van der Waals surface area contributed by atoms with E-state index >= 15 is 0 Å². The summed E-state index contributed by atoms with van der Waals surface area (Å²) in [5, 5.41) is 0.170. The molecule has 1 aromatic rings. The van der Waals surface area contributed by atoms with Gasteiger partial charge in [0.1, 0.15) is 10.6 Å². The van der Waals surface area contributed by atoms with Crippen molar-refractivity contribution in [3.8, 4) is 5.75 Å². The van der Waals surface area contributed by atoms with Crippen molar-refractivity contribution in [2.24, 2.45) is 0 Å². The Hall–Kier alpha value is -0.720. The van der Waals surface area contributed by atoms with Gasteiger partial charge in [0.2, 0.25) is 0 Å². The molecule has 7 heteroatoms. The third-order valence-corrected chi connectivity index (χ3v) is 2.24. The molecule has 1 aromatic carbocycles. The molecule has 0 saturated heterocycles. The fourth-order valence-corrected chi connectivity index (χ4v) is 1.56. The third kappa shape index (κ3) is 2.90. The fourth-order valence-electron chi connectivity index (χ4n) is 0.812. The van der Waals surface area contributed by atoms with Gasteiger partial charge < -0.3 is 9.29 Å². The van der Waals surface area contributed by atoms with E-state index in [-0.39, 0.29) is 15.7 Å². The summed E-state index contributed by atoms with van der Waals surface area (Å²) in [5.41, 5.74) is 0. The van der Waals surface area contributed by atoms with E-state index in [9.17, 15) is 13.0 Å². The molecular formula is C7H5ClF2O3S. The van der Waals surface area contributed by atoms with Crippen LogP contribution in [0.15, 0.2) is 23.1 Å². The zero-order chi connectivity index (χ0) is 10.7. The van der Waals surface area contributed by atoms with Crippen molar-refractivity contribution >= 4 is 22.7 Å². The van der Waals surface area contributed by atoms with Crippen molar-refractivity contribution in [2.75, 3.05) is 0 Å². The van der Waals surface area contributed by atoms with E-state index in [1.807, 2.05) is 0 Å². The summed E-state index contributed by atoms with van der Waals surface area (Å²) in [6.07, 6.45) is 0. The summed E-state index contributed by atoms with van der Waals surface area (Å²) >= 11 is 3.10. The van der Waals surface area contributed by atoms with Crippen LogP contribution in [0.25, 0.3) is 0 Å². The molecule has 1 rings (SSSR count). The number of hydrogen-bond donors (Lipinski definition) is 1. The monoisotopic (exact) mass is 242 g/mol. The lowest BCUT2D eigenvalue weighted by Gasteiger charge is -2.07. The molecule has 0 radical (unpaired) electrons. The van der Waals surface area contributed by atoms with E-state index in [2.05, 4.69) is 4.74 Å². The largest absolute Gasteiger partial charge is 0.433 e. The predicted octanol–water partition coefficient (Wildman–Crippen LogP) is 2.52. The summed E-state index contributed by atoms with van der Waals surface area (Å²) in [7, 11) is 0. The molecular weight excluding hydrogens is 238 g/mol. The number of rotatable bonds is 3. The second-order valence-corrected chi connectivity index (χ2v) is 3.59. The lowest BCUT2D eigenvalue weighted by Crippen LogP contribution is -2.05. The lowest BCUT2D eigenvalue weighted by atomic mass is 10.3. The minimum absolute atomic E-state index is 0.170. The molecule has 0 amide bonds. The Bertz CT molecular complexity index is 359. The topological polar surface area (TPSA) is 46.5 Å². The van der Waals surface area contributed by atoms with Gasteiger partial charge in [-0.25, -0.2) is 4.21 Å². The normalized spacial score (nSPS) is 12.9. The van der Waals surface area contributed by atoms with Crippen molar-refractivity contribution < 1.29 is 22.3 Å². The molecule has 1 N–H and O–H groups in total. The first kappa shape index (κ1) is 11.4. The Balaban J connectivity index is 3.08.